The second-order valence-electron chi connectivity index (χ2n) is 6.08. The molecule has 0 spiro atoms. The van der Waals surface area contributed by atoms with Crippen LogP contribution in [0, 0.1) is 0 Å². The summed E-state index contributed by atoms with van der Waals surface area (Å²) in [4.78, 5) is 2.63. The molecule has 1 unspecified atom stereocenters. The van der Waals surface area contributed by atoms with E-state index in [-0.39, 0.29) is 0 Å². The van der Waals surface area contributed by atoms with Crippen molar-refractivity contribution in [2.24, 2.45) is 0 Å². The van der Waals surface area contributed by atoms with Crippen LogP contribution in [0.25, 0.3) is 0 Å². The number of ether oxygens (including phenoxy) is 1. The zero-order chi connectivity index (χ0) is 13.8. The zero-order valence-electron chi connectivity index (χ0n) is 12.4. The zero-order valence-corrected chi connectivity index (χ0v) is 12.4. The Bertz CT molecular complexity index is 397. The van der Waals surface area contributed by atoms with Crippen molar-refractivity contribution in [1.29, 1.82) is 0 Å². The molecule has 3 nitrogen and oxygen atoms in total. The molecule has 0 amide bonds. The van der Waals surface area contributed by atoms with E-state index in [4.69, 9.17) is 4.74 Å². The number of hydrogen-bond acceptors (Lipinski definition) is 3. The molecule has 1 atom stereocenters. The normalized spacial score (nSPS) is 22.9. The van der Waals surface area contributed by atoms with Gasteiger partial charge in [0.25, 0.3) is 0 Å². The third-order valence-electron chi connectivity index (χ3n) is 4.61. The first kappa shape index (κ1) is 14.1. The van der Waals surface area contributed by atoms with Gasteiger partial charge in [-0.25, -0.2) is 0 Å². The van der Waals surface area contributed by atoms with Crippen molar-refractivity contribution in [2.45, 2.75) is 43.9 Å². The Labute approximate surface area is 122 Å². The Kier molecular flexibility index (Phi) is 4.71. The lowest BCUT2D eigenvalue weighted by atomic mass is 10.0. The van der Waals surface area contributed by atoms with Gasteiger partial charge in [0.05, 0.1) is 6.10 Å². The molecule has 1 aliphatic carbocycles. The minimum absolute atomic E-state index is 0.457. The van der Waals surface area contributed by atoms with Gasteiger partial charge < -0.3 is 10.1 Å². The van der Waals surface area contributed by atoms with Crippen LogP contribution >= 0.6 is 0 Å². The quantitative estimate of drug-likeness (QED) is 0.863. The van der Waals surface area contributed by atoms with Crippen LogP contribution in [0.15, 0.2) is 30.3 Å². The maximum atomic E-state index is 5.49. The molecule has 1 heterocycles. The molecule has 1 aromatic carbocycles. The molecular weight excluding hydrogens is 248 g/mol. The van der Waals surface area contributed by atoms with E-state index in [2.05, 4.69) is 40.5 Å². The van der Waals surface area contributed by atoms with E-state index in [9.17, 15) is 0 Å². The van der Waals surface area contributed by atoms with Gasteiger partial charge in [-0.1, -0.05) is 30.3 Å². The molecule has 1 aliphatic heterocycles. The third kappa shape index (κ3) is 3.60. The van der Waals surface area contributed by atoms with Gasteiger partial charge in [0.1, 0.15) is 0 Å². The molecule has 0 radical (unpaired) electrons. The van der Waals surface area contributed by atoms with E-state index in [0.717, 1.165) is 38.5 Å². The van der Waals surface area contributed by atoms with Crippen molar-refractivity contribution in [3.05, 3.63) is 35.9 Å². The van der Waals surface area contributed by atoms with E-state index < -0.39 is 0 Å². The maximum absolute atomic E-state index is 5.49. The van der Waals surface area contributed by atoms with Crippen LogP contribution in [0.1, 0.15) is 37.3 Å². The van der Waals surface area contributed by atoms with Gasteiger partial charge in [0.15, 0.2) is 0 Å². The summed E-state index contributed by atoms with van der Waals surface area (Å²) in [7, 11) is 1.84. The molecule has 3 heteroatoms. The molecular formula is C17H26N2O. The first-order chi connectivity index (χ1) is 9.86. The molecule has 0 bridgehead atoms. The Balaban J connectivity index is 1.65. The van der Waals surface area contributed by atoms with E-state index in [1.165, 1.54) is 18.4 Å². The number of benzene rings is 1. The first-order valence-corrected chi connectivity index (χ1v) is 7.92. The van der Waals surface area contributed by atoms with E-state index in [1.807, 2.05) is 7.11 Å². The molecule has 0 aromatic heterocycles. The van der Waals surface area contributed by atoms with Crippen LogP contribution in [-0.4, -0.2) is 43.8 Å². The Morgan fingerprint density at radius 1 is 1.15 bits per heavy atom. The summed E-state index contributed by atoms with van der Waals surface area (Å²) < 4.78 is 5.49. The summed E-state index contributed by atoms with van der Waals surface area (Å²) in [6.07, 6.45) is 5.48. The number of piperidine rings is 1. The average Bonchev–Trinajstić information content (AvgIpc) is 3.33. The molecule has 1 saturated carbocycles. The Morgan fingerprint density at radius 2 is 1.85 bits per heavy atom. The van der Waals surface area contributed by atoms with Crippen molar-refractivity contribution in [3.63, 3.8) is 0 Å². The molecule has 2 aliphatic rings. The number of likely N-dealkylation sites (tertiary alicyclic amines) is 1. The third-order valence-corrected chi connectivity index (χ3v) is 4.61. The minimum Gasteiger partial charge on any atom is -0.381 e. The number of hydrogen-bond donors (Lipinski definition) is 1. The van der Waals surface area contributed by atoms with E-state index in [0.29, 0.717) is 12.1 Å². The van der Waals surface area contributed by atoms with Gasteiger partial charge in [-0.2, -0.15) is 0 Å². The molecule has 1 aromatic rings. The topological polar surface area (TPSA) is 24.5 Å². The van der Waals surface area contributed by atoms with Crippen LogP contribution in [-0.2, 0) is 4.74 Å². The maximum Gasteiger partial charge on any atom is 0.0595 e. The fraction of sp³-hybridized carbons (Fsp3) is 0.647. The van der Waals surface area contributed by atoms with E-state index in [1.54, 1.807) is 0 Å². The highest BCUT2D eigenvalue weighted by molar-refractivity contribution is 5.20. The second kappa shape index (κ2) is 6.70. The van der Waals surface area contributed by atoms with E-state index >= 15 is 0 Å². The van der Waals surface area contributed by atoms with Crippen molar-refractivity contribution >= 4 is 0 Å². The number of nitrogens with zero attached hydrogens (tertiary/aromatic N) is 1. The molecule has 1 saturated heterocycles. The predicted octanol–water partition coefficient (Wildman–Crippen LogP) is 2.59. The molecule has 1 N–H and O–H groups in total. The summed E-state index contributed by atoms with van der Waals surface area (Å²) in [5.74, 6) is 0. The van der Waals surface area contributed by atoms with Crippen LogP contribution in [0.5, 0.6) is 0 Å². The lowest BCUT2D eigenvalue weighted by Crippen LogP contribution is -2.43. The molecule has 2 fully saturated rings. The van der Waals surface area contributed by atoms with Crippen molar-refractivity contribution in [1.82, 2.24) is 10.2 Å². The van der Waals surface area contributed by atoms with Gasteiger partial charge in [0.2, 0.25) is 0 Å². The number of rotatable bonds is 6. The van der Waals surface area contributed by atoms with Crippen LogP contribution < -0.4 is 5.32 Å². The predicted molar refractivity (Wildman–Crippen MR) is 81.8 cm³/mol. The average molecular weight is 274 g/mol. The van der Waals surface area contributed by atoms with Gasteiger partial charge in [0, 0.05) is 38.8 Å². The van der Waals surface area contributed by atoms with Crippen LogP contribution in [0.3, 0.4) is 0 Å². The lowest BCUT2D eigenvalue weighted by molar-refractivity contribution is 0.0267. The fourth-order valence-corrected chi connectivity index (χ4v) is 3.12. The van der Waals surface area contributed by atoms with Crippen LogP contribution in [0.4, 0.5) is 0 Å². The highest BCUT2D eigenvalue weighted by Gasteiger charge is 2.28. The molecule has 3 rings (SSSR count). The minimum atomic E-state index is 0.457. The standard InChI is InChI=1S/C17H26N2O/c1-20-16-9-11-19(12-10-16)17(13-18-15-7-8-15)14-5-3-2-4-6-14/h2-6,15-18H,7-13H2,1H3. The van der Waals surface area contributed by atoms with Crippen molar-refractivity contribution < 1.29 is 4.74 Å². The van der Waals surface area contributed by atoms with Gasteiger partial charge in [-0.3, -0.25) is 4.90 Å². The van der Waals surface area contributed by atoms with Crippen LogP contribution in [0.2, 0.25) is 0 Å². The Morgan fingerprint density at radius 3 is 2.45 bits per heavy atom. The smallest absolute Gasteiger partial charge is 0.0595 e. The highest BCUT2D eigenvalue weighted by atomic mass is 16.5. The van der Waals surface area contributed by atoms with Gasteiger partial charge in [-0.05, 0) is 31.2 Å². The number of methoxy groups -OCH3 is 1. The largest absolute Gasteiger partial charge is 0.381 e. The second-order valence-corrected chi connectivity index (χ2v) is 6.08. The summed E-state index contributed by atoms with van der Waals surface area (Å²) >= 11 is 0. The lowest BCUT2D eigenvalue weighted by Gasteiger charge is -2.37. The Hall–Kier alpha value is -0.900. The monoisotopic (exact) mass is 274 g/mol. The fourth-order valence-electron chi connectivity index (χ4n) is 3.12. The summed E-state index contributed by atoms with van der Waals surface area (Å²) in [5, 5.41) is 3.70. The number of nitrogens with one attached hydrogen (secondary N) is 1. The van der Waals surface area contributed by atoms with Crippen molar-refractivity contribution in [2.75, 3.05) is 26.7 Å². The van der Waals surface area contributed by atoms with Gasteiger partial charge in [-0.15, -0.1) is 0 Å². The summed E-state index contributed by atoms with van der Waals surface area (Å²) in [6.45, 7) is 3.36. The van der Waals surface area contributed by atoms with Gasteiger partial charge >= 0.3 is 0 Å². The first-order valence-electron chi connectivity index (χ1n) is 7.92. The SMILES string of the molecule is COC1CCN(C(CNC2CC2)c2ccccc2)CC1. The molecule has 110 valence electrons. The van der Waals surface area contributed by atoms with Crippen molar-refractivity contribution in [3.8, 4) is 0 Å². The molecule has 20 heavy (non-hydrogen) atoms. The highest BCUT2D eigenvalue weighted by Crippen LogP contribution is 2.27. The summed E-state index contributed by atoms with van der Waals surface area (Å²) in [5.41, 5.74) is 1.44. The summed E-state index contributed by atoms with van der Waals surface area (Å²) in [6, 6.07) is 12.2.